The van der Waals surface area contributed by atoms with E-state index < -0.39 is 11.6 Å². The third-order valence-corrected chi connectivity index (χ3v) is 11.1. The Morgan fingerprint density at radius 1 is 1.08 bits per heavy atom. The number of halogens is 2. The van der Waals surface area contributed by atoms with Crippen LogP contribution in [0.4, 0.5) is 19.4 Å². The van der Waals surface area contributed by atoms with Gasteiger partial charge in [0.1, 0.15) is 36.0 Å². The van der Waals surface area contributed by atoms with Crippen molar-refractivity contribution < 1.29 is 28.2 Å². The highest BCUT2D eigenvalue weighted by Crippen LogP contribution is 2.43. The average Bonchev–Trinajstić information content (AvgIpc) is 3.78. The number of anilines is 1. The van der Waals surface area contributed by atoms with E-state index in [-0.39, 0.29) is 63.8 Å². The minimum absolute atomic E-state index is 0.0426. The van der Waals surface area contributed by atoms with Crippen molar-refractivity contribution in [2.75, 3.05) is 51.8 Å². The standard InChI is InChI=1S/C36H42F2N8O4/c1-4-25-27(37)9-6-20-14-24(47)15-26(28(20)25)30-29(38)31-32(43-42-30)33(45-16-21-7-8-22(17-45)39-21)41-34(40-31)50-19-36-11-5-13-46(36)23(10-12-36)18-49-35(48)44(2)3/h6,9,14-15,21-23,39,47H,4-5,7-8,10-13,16-19H2,1-3H3/t21?,22?,23-,36-/m1/s1. The molecule has 8 rings (SSSR count). The molecule has 4 saturated heterocycles. The summed E-state index contributed by atoms with van der Waals surface area (Å²) in [5, 5.41) is 24.1. The second-order valence-corrected chi connectivity index (χ2v) is 14.4. The fourth-order valence-electron chi connectivity index (χ4n) is 8.67. The number of phenols is 1. The van der Waals surface area contributed by atoms with Crippen molar-refractivity contribution in [2.45, 2.75) is 75.5 Å². The summed E-state index contributed by atoms with van der Waals surface area (Å²) >= 11 is 0. The molecule has 2 unspecified atom stereocenters. The molecule has 264 valence electrons. The van der Waals surface area contributed by atoms with E-state index in [0.717, 1.165) is 45.1 Å². The van der Waals surface area contributed by atoms with E-state index in [4.69, 9.17) is 14.5 Å². The van der Waals surface area contributed by atoms with E-state index in [1.807, 2.05) is 6.92 Å². The molecule has 50 heavy (non-hydrogen) atoms. The lowest BCUT2D eigenvalue weighted by Gasteiger charge is -2.35. The molecule has 14 heteroatoms. The van der Waals surface area contributed by atoms with Crippen LogP contribution in [0, 0.1) is 11.6 Å². The molecular weight excluding hydrogens is 646 g/mol. The molecule has 0 aliphatic carbocycles. The molecule has 4 aliphatic rings. The van der Waals surface area contributed by atoms with Gasteiger partial charge in [-0.05, 0) is 86.0 Å². The van der Waals surface area contributed by atoms with E-state index in [9.17, 15) is 9.90 Å². The molecule has 2 bridgehead atoms. The average molecular weight is 689 g/mol. The zero-order valence-corrected chi connectivity index (χ0v) is 28.6. The number of nitrogens with zero attached hydrogens (tertiary/aromatic N) is 7. The lowest BCUT2D eigenvalue weighted by molar-refractivity contribution is 0.0484. The normalized spacial score (nSPS) is 24.7. The number of aryl methyl sites for hydroxylation is 1. The number of rotatable bonds is 8. The number of amides is 1. The molecule has 2 N–H and O–H groups in total. The lowest BCUT2D eigenvalue weighted by atomic mass is 9.94. The Bertz CT molecular complexity index is 1970. The van der Waals surface area contributed by atoms with Gasteiger partial charge in [0.2, 0.25) is 0 Å². The van der Waals surface area contributed by atoms with Gasteiger partial charge in [-0.3, -0.25) is 4.90 Å². The highest BCUT2D eigenvalue weighted by molar-refractivity contribution is 6.01. The predicted molar refractivity (Wildman–Crippen MR) is 183 cm³/mol. The van der Waals surface area contributed by atoms with Crippen molar-refractivity contribution in [2.24, 2.45) is 0 Å². The number of benzene rings is 2. The molecule has 0 saturated carbocycles. The van der Waals surface area contributed by atoms with Crippen LogP contribution in [0.15, 0.2) is 24.3 Å². The van der Waals surface area contributed by atoms with Gasteiger partial charge in [-0.25, -0.2) is 13.6 Å². The van der Waals surface area contributed by atoms with E-state index in [2.05, 4.69) is 30.3 Å². The summed E-state index contributed by atoms with van der Waals surface area (Å²) in [5.41, 5.74) is 0.389. The Morgan fingerprint density at radius 2 is 1.88 bits per heavy atom. The van der Waals surface area contributed by atoms with Crippen molar-refractivity contribution in [1.29, 1.82) is 0 Å². The van der Waals surface area contributed by atoms with Crippen LogP contribution in [0.3, 0.4) is 0 Å². The molecule has 0 radical (unpaired) electrons. The van der Waals surface area contributed by atoms with Crippen molar-refractivity contribution in [3.05, 3.63) is 41.5 Å². The zero-order chi connectivity index (χ0) is 34.7. The summed E-state index contributed by atoms with van der Waals surface area (Å²) in [4.78, 5) is 27.5. The van der Waals surface area contributed by atoms with Crippen molar-refractivity contribution in [1.82, 2.24) is 35.3 Å². The second-order valence-electron chi connectivity index (χ2n) is 14.4. The Kier molecular flexibility index (Phi) is 8.33. The molecule has 2 aromatic carbocycles. The number of aromatic hydroxyl groups is 1. The SMILES string of the molecule is CCc1c(F)ccc2cc(O)cc(-c3nnc4c(N5CC6CCC(C5)N6)nc(OC[C@]56CCCN5[C@@H](COC(=O)N(C)C)CC6)nc4c3F)c12. The highest BCUT2D eigenvalue weighted by atomic mass is 19.1. The van der Waals surface area contributed by atoms with Crippen molar-refractivity contribution >= 4 is 33.7 Å². The number of aromatic nitrogens is 4. The molecule has 2 aromatic heterocycles. The summed E-state index contributed by atoms with van der Waals surface area (Å²) in [5.74, 6) is -0.801. The summed E-state index contributed by atoms with van der Waals surface area (Å²) in [6, 6.07) is 6.53. The first-order valence-electron chi connectivity index (χ1n) is 17.6. The van der Waals surface area contributed by atoms with Crippen LogP contribution >= 0.6 is 0 Å². The zero-order valence-electron chi connectivity index (χ0n) is 28.6. The van der Waals surface area contributed by atoms with Gasteiger partial charge in [0, 0.05) is 50.9 Å². The van der Waals surface area contributed by atoms with Crippen LogP contribution in [0.2, 0.25) is 0 Å². The number of hydrogen-bond donors (Lipinski definition) is 2. The maximum Gasteiger partial charge on any atom is 0.409 e. The van der Waals surface area contributed by atoms with Crippen LogP contribution in [0.1, 0.15) is 51.0 Å². The van der Waals surface area contributed by atoms with E-state index in [1.54, 1.807) is 20.2 Å². The minimum atomic E-state index is -0.746. The van der Waals surface area contributed by atoms with Gasteiger partial charge < -0.3 is 29.7 Å². The fourth-order valence-corrected chi connectivity index (χ4v) is 8.67. The lowest BCUT2D eigenvalue weighted by Crippen LogP contribution is -2.51. The minimum Gasteiger partial charge on any atom is -0.508 e. The van der Waals surface area contributed by atoms with Crippen molar-refractivity contribution in [3.8, 4) is 23.0 Å². The maximum absolute atomic E-state index is 16.9. The Morgan fingerprint density at radius 3 is 2.64 bits per heavy atom. The Hall–Kier alpha value is -4.43. The molecular formula is C36H42F2N8O4. The third kappa shape index (κ3) is 5.62. The van der Waals surface area contributed by atoms with E-state index in [1.165, 1.54) is 23.1 Å². The fraction of sp³-hybridized carbons (Fsp3) is 0.528. The second kappa shape index (κ2) is 12.7. The first-order chi connectivity index (χ1) is 24.1. The number of piperazine rings is 1. The molecule has 4 aliphatic heterocycles. The summed E-state index contributed by atoms with van der Waals surface area (Å²) in [6.45, 7) is 4.65. The molecule has 4 aromatic rings. The molecule has 0 spiro atoms. The van der Waals surface area contributed by atoms with Gasteiger partial charge in [-0.2, -0.15) is 9.97 Å². The van der Waals surface area contributed by atoms with Gasteiger partial charge in [-0.1, -0.05) is 13.0 Å². The third-order valence-electron chi connectivity index (χ3n) is 11.1. The van der Waals surface area contributed by atoms with Crippen LogP contribution in [0.25, 0.3) is 33.1 Å². The number of hydrogen-bond acceptors (Lipinski definition) is 11. The molecule has 4 fully saturated rings. The topological polar surface area (TPSA) is 129 Å². The number of ether oxygens (including phenoxy) is 2. The highest BCUT2D eigenvalue weighted by Gasteiger charge is 2.50. The quantitative estimate of drug-likeness (QED) is 0.265. The largest absolute Gasteiger partial charge is 0.508 e. The van der Waals surface area contributed by atoms with Crippen LogP contribution in [-0.2, 0) is 11.2 Å². The van der Waals surface area contributed by atoms with Gasteiger partial charge in [-0.15, -0.1) is 10.2 Å². The van der Waals surface area contributed by atoms with E-state index in [0.29, 0.717) is 54.9 Å². The molecule has 12 nitrogen and oxygen atoms in total. The number of fused-ring (bicyclic) bond motifs is 5. The summed E-state index contributed by atoms with van der Waals surface area (Å²) < 4.78 is 44.0. The van der Waals surface area contributed by atoms with Crippen LogP contribution < -0.4 is 15.0 Å². The van der Waals surface area contributed by atoms with Crippen molar-refractivity contribution in [3.63, 3.8) is 0 Å². The summed E-state index contributed by atoms with van der Waals surface area (Å²) in [6.07, 6.45) is 5.71. The number of phenolic OH excluding ortho intramolecular Hbond substituents is 1. The molecule has 6 heterocycles. The van der Waals surface area contributed by atoms with Gasteiger partial charge in [0.15, 0.2) is 17.2 Å². The molecule has 1 amide bonds. The van der Waals surface area contributed by atoms with Crippen LogP contribution in [-0.4, -0.2) is 112 Å². The van der Waals surface area contributed by atoms with E-state index >= 15 is 8.78 Å². The first-order valence-corrected chi connectivity index (χ1v) is 17.6. The maximum atomic E-state index is 16.9. The summed E-state index contributed by atoms with van der Waals surface area (Å²) in [7, 11) is 3.33. The van der Waals surface area contributed by atoms with Gasteiger partial charge in [0.05, 0.1) is 5.54 Å². The Labute approximate surface area is 288 Å². The van der Waals surface area contributed by atoms with Crippen LogP contribution in [0.5, 0.6) is 11.8 Å². The first kappa shape index (κ1) is 32.8. The number of carbonyl (C=O) groups is 1. The van der Waals surface area contributed by atoms with Gasteiger partial charge in [0.25, 0.3) is 0 Å². The number of carbonyl (C=O) groups excluding carboxylic acids is 1. The predicted octanol–water partition coefficient (Wildman–Crippen LogP) is 4.80. The smallest absolute Gasteiger partial charge is 0.409 e. The monoisotopic (exact) mass is 688 g/mol. The molecule has 4 atom stereocenters. The Balaban J connectivity index is 1.18. The number of nitrogens with one attached hydrogen (secondary N) is 1. The van der Waals surface area contributed by atoms with Gasteiger partial charge >= 0.3 is 12.1 Å².